The Morgan fingerprint density at radius 2 is 2.18 bits per heavy atom. The number of rotatable bonds is 1. The second-order valence-electron chi connectivity index (χ2n) is 4.78. The summed E-state index contributed by atoms with van der Waals surface area (Å²) in [6, 6.07) is 0. The highest BCUT2D eigenvalue weighted by atomic mass is 19.4. The monoisotopic (exact) mass is 249 g/mol. The van der Waals surface area contributed by atoms with Crippen molar-refractivity contribution >= 4 is 0 Å². The summed E-state index contributed by atoms with van der Waals surface area (Å²) in [4.78, 5) is 3.38. The first-order chi connectivity index (χ1) is 7.81. The summed E-state index contributed by atoms with van der Waals surface area (Å²) in [5.74, 6) is -0.992. The number of nitrogens with zero attached hydrogens (tertiary/aromatic N) is 2. The summed E-state index contributed by atoms with van der Waals surface area (Å²) in [5, 5.41) is 3.38. The van der Waals surface area contributed by atoms with E-state index < -0.39 is 17.6 Å². The van der Waals surface area contributed by atoms with Crippen LogP contribution in [0.5, 0.6) is 0 Å². The highest BCUT2D eigenvalue weighted by molar-refractivity contribution is 5.06. The minimum atomic E-state index is -4.61. The number of halogens is 3. The van der Waals surface area contributed by atoms with E-state index in [1.165, 1.54) is 0 Å². The molecule has 4 nitrogen and oxygen atoms in total. The molecular weight excluding hydrogens is 235 g/mol. The van der Waals surface area contributed by atoms with Crippen molar-refractivity contribution in [2.24, 2.45) is 11.7 Å². The van der Waals surface area contributed by atoms with Gasteiger partial charge in [0.2, 0.25) is 0 Å². The molecule has 0 amide bonds. The number of hydrogen-bond donors (Lipinski definition) is 1. The van der Waals surface area contributed by atoms with Crippen molar-refractivity contribution in [2.45, 2.75) is 44.3 Å². The van der Waals surface area contributed by atoms with Crippen LogP contribution >= 0.6 is 0 Å². The zero-order valence-corrected chi connectivity index (χ0v) is 9.42. The number of aromatic nitrogens is 2. The summed E-state index contributed by atoms with van der Waals surface area (Å²) >= 11 is 0. The Balaban J connectivity index is 2.24. The van der Waals surface area contributed by atoms with Crippen LogP contribution in [-0.2, 0) is 11.7 Å². The van der Waals surface area contributed by atoms with Crippen LogP contribution in [0.2, 0.25) is 0 Å². The van der Waals surface area contributed by atoms with Gasteiger partial charge in [-0.1, -0.05) is 24.9 Å². The van der Waals surface area contributed by atoms with Gasteiger partial charge in [0.05, 0.1) is 5.54 Å². The van der Waals surface area contributed by atoms with Gasteiger partial charge in [-0.25, -0.2) is 0 Å². The van der Waals surface area contributed by atoms with Crippen LogP contribution in [0.15, 0.2) is 4.52 Å². The molecule has 0 spiro atoms. The van der Waals surface area contributed by atoms with E-state index in [-0.39, 0.29) is 5.82 Å². The predicted octanol–water partition coefficient (Wildman–Crippen LogP) is 2.45. The zero-order valence-electron chi connectivity index (χ0n) is 9.42. The van der Waals surface area contributed by atoms with Gasteiger partial charge in [0.1, 0.15) is 0 Å². The third-order valence-corrected chi connectivity index (χ3v) is 3.15. The van der Waals surface area contributed by atoms with Crippen molar-refractivity contribution in [1.82, 2.24) is 10.1 Å². The summed E-state index contributed by atoms with van der Waals surface area (Å²) in [6.07, 6.45) is -1.53. The molecule has 1 saturated carbocycles. The normalized spacial score (nSPS) is 30.5. The third kappa shape index (κ3) is 2.43. The first-order valence-corrected chi connectivity index (χ1v) is 5.51. The van der Waals surface area contributed by atoms with Crippen LogP contribution < -0.4 is 5.73 Å². The molecule has 1 heterocycles. The lowest BCUT2D eigenvalue weighted by Crippen LogP contribution is -2.42. The quantitative estimate of drug-likeness (QED) is 0.830. The highest BCUT2D eigenvalue weighted by Crippen LogP contribution is 2.37. The van der Waals surface area contributed by atoms with Crippen molar-refractivity contribution in [3.05, 3.63) is 11.7 Å². The molecule has 0 radical (unpaired) electrons. The molecule has 1 aliphatic rings. The SMILES string of the molecule is CC1CCCC(N)(c2noc(C(F)(F)F)n2)C1. The van der Waals surface area contributed by atoms with E-state index >= 15 is 0 Å². The molecule has 2 rings (SSSR count). The van der Waals surface area contributed by atoms with Crippen molar-refractivity contribution in [1.29, 1.82) is 0 Å². The maximum Gasteiger partial charge on any atom is 0.471 e. The molecule has 1 aromatic rings. The lowest BCUT2D eigenvalue weighted by molar-refractivity contribution is -0.159. The second-order valence-corrected chi connectivity index (χ2v) is 4.78. The Labute approximate surface area is 96.4 Å². The number of nitrogens with two attached hydrogens (primary N) is 1. The van der Waals surface area contributed by atoms with E-state index in [1.807, 2.05) is 6.92 Å². The van der Waals surface area contributed by atoms with E-state index in [0.29, 0.717) is 18.8 Å². The fourth-order valence-electron chi connectivity index (χ4n) is 2.34. The van der Waals surface area contributed by atoms with E-state index in [9.17, 15) is 13.2 Å². The topological polar surface area (TPSA) is 64.9 Å². The van der Waals surface area contributed by atoms with Gasteiger partial charge in [-0.2, -0.15) is 18.2 Å². The molecule has 1 fully saturated rings. The Morgan fingerprint density at radius 3 is 2.71 bits per heavy atom. The smallest absolute Gasteiger partial charge is 0.329 e. The first kappa shape index (κ1) is 12.3. The Morgan fingerprint density at radius 1 is 1.47 bits per heavy atom. The molecule has 0 saturated heterocycles. The van der Waals surface area contributed by atoms with E-state index in [2.05, 4.69) is 14.7 Å². The molecule has 2 atom stereocenters. The van der Waals surface area contributed by atoms with Gasteiger partial charge < -0.3 is 10.3 Å². The summed E-state index contributed by atoms with van der Waals surface area (Å²) in [5.41, 5.74) is 5.19. The van der Waals surface area contributed by atoms with Gasteiger partial charge in [0.25, 0.3) is 0 Å². The van der Waals surface area contributed by atoms with Crippen molar-refractivity contribution < 1.29 is 17.7 Å². The zero-order chi connectivity index (χ0) is 12.7. The van der Waals surface area contributed by atoms with Gasteiger partial charge >= 0.3 is 12.1 Å². The number of hydrogen-bond acceptors (Lipinski definition) is 4. The molecular formula is C10H14F3N3O. The Bertz CT molecular complexity index is 404. The van der Waals surface area contributed by atoms with E-state index in [1.54, 1.807) is 0 Å². The van der Waals surface area contributed by atoms with Crippen molar-refractivity contribution in [3.63, 3.8) is 0 Å². The van der Waals surface area contributed by atoms with Gasteiger partial charge in [0.15, 0.2) is 5.82 Å². The predicted molar refractivity (Wildman–Crippen MR) is 52.8 cm³/mol. The minimum Gasteiger partial charge on any atom is -0.329 e. The molecule has 1 aromatic heterocycles. The second kappa shape index (κ2) is 3.97. The maximum atomic E-state index is 12.3. The fraction of sp³-hybridized carbons (Fsp3) is 0.800. The van der Waals surface area contributed by atoms with Crippen LogP contribution in [0.4, 0.5) is 13.2 Å². The lowest BCUT2D eigenvalue weighted by Gasteiger charge is -2.33. The average Bonchev–Trinajstić information content (AvgIpc) is 2.65. The molecule has 96 valence electrons. The molecule has 17 heavy (non-hydrogen) atoms. The van der Waals surface area contributed by atoms with Crippen molar-refractivity contribution in [3.8, 4) is 0 Å². The molecule has 7 heteroatoms. The van der Waals surface area contributed by atoms with E-state index in [0.717, 1.165) is 12.8 Å². The van der Waals surface area contributed by atoms with Crippen LogP contribution in [0, 0.1) is 5.92 Å². The lowest BCUT2D eigenvalue weighted by atomic mass is 9.76. The van der Waals surface area contributed by atoms with Gasteiger partial charge in [0, 0.05) is 0 Å². The molecule has 1 aliphatic carbocycles. The standard InChI is InChI=1S/C10H14F3N3O/c1-6-3-2-4-9(14,5-6)7-15-8(17-16-7)10(11,12)13/h6H,2-5,14H2,1H3. The van der Waals surface area contributed by atoms with Gasteiger partial charge in [-0.3, -0.25) is 0 Å². The maximum absolute atomic E-state index is 12.3. The van der Waals surface area contributed by atoms with Crippen LogP contribution in [0.3, 0.4) is 0 Å². The highest BCUT2D eigenvalue weighted by Gasteiger charge is 2.42. The summed E-state index contributed by atoms with van der Waals surface area (Å²) in [6.45, 7) is 2.02. The largest absolute Gasteiger partial charge is 0.471 e. The van der Waals surface area contributed by atoms with Gasteiger partial charge in [-0.15, -0.1) is 0 Å². The number of alkyl halides is 3. The molecule has 2 N–H and O–H groups in total. The summed E-state index contributed by atoms with van der Waals surface area (Å²) in [7, 11) is 0. The van der Waals surface area contributed by atoms with Crippen molar-refractivity contribution in [2.75, 3.05) is 0 Å². The Hall–Kier alpha value is -1.11. The average molecular weight is 249 g/mol. The summed E-state index contributed by atoms with van der Waals surface area (Å²) < 4.78 is 41.2. The Kier molecular flexibility index (Phi) is 2.89. The minimum absolute atomic E-state index is 0.0311. The fourth-order valence-corrected chi connectivity index (χ4v) is 2.34. The van der Waals surface area contributed by atoms with Crippen LogP contribution in [0.25, 0.3) is 0 Å². The molecule has 0 bridgehead atoms. The van der Waals surface area contributed by atoms with Gasteiger partial charge in [-0.05, 0) is 18.8 Å². The molecule has 2 unspecified atom stereocenters. The van der Waals surface area contributed by atoms with E-state index in [4.69, 9.17) is 5.73 Å². The van der Waals surface area contributed by atoms with Crippen LogP contribution in [0.1, 0.15) is 44.3 Å². The molecule has 0 aromatic carbocycles. The third-order valence-electron chi connectivity index (χ3n) is 3.15. The van der Waals surface area contributed by atoms with Crippen LogP contribution in [-0.4, -0.2) is 10.1 Å². The first-order valence-electron chi connectivity index (χ1n) is 5.51. The molecule has 0 aliphatic heterocycles.